The van der Waals surface area contributed by atoms with Gasteiger partial charge in [0, 0.05) is 5.56 Å². The van der Waals surface area contributed by atoms with Crippen LogP contribution in [0.1, 0.15) is 10.4 Å². The molecule has 21 heavy (non-hydrogen) atoms. The standard InChI is InChI=1S/C16H10F2N2O/c17-14-8-7-13(15(18)20-14)19-16(21)12-6-5-10-3-1-2-4-11(10)9-12/h1-9H,(H,19,21). The quantitative estimate of drug-likeness (QED) is 0.728. The second-order valence-corrected chi connectivity index (χ2v) is 4.49. The molecule has 5 heteroatoms. The lowest BCUT2D eigenvalue weighted by Crippen LogP contribution is -2.13. The molecule has 1 aromatic heterocycles. The van der Waals surface area contributed by atoms with E-state index in [1.165, 1.54) is 0 Å². The second-order valence-electron chi connectivity index (χ2n) is 4.49. The Morgan fingerprint density at radius 1 is 0.952 bits per heavy atom. The fraction of sp³-hybridized carbons (Fsp3) is 0. The molecule has 0 saturated carbocycles. The lowest BCUT2D eigenvalue weighted by atomic mass is 10.1. The van der Waals surface area contributed by atoms with Crippen molar-refractivity contribution in [3.05, 3.63) is 72.1 Å². The largest absolute Gasteiger partial charge is 0.318 e. The zero-order valence-electron chi connectivity index (χ0n) is 10.8. The molecule has 0 atom stereocenters. The third-order valence-corrected chi connectivity index (χ3v) is 3.07. The second kappa shape index (κ2) is 5.28. The molecule has 1 amide bonds. The first-order valence-corrected chi connectivity index (χ1v) is 6.26. The maximum atomic E-state index is 13.4. The van der Waals surface area contributed by atoms with Gasteiger partial charge in [0.05, 0.1) is 5.69 Å². The van der Waals surface area contributed by atoms with Gasteiger partial charge in [-0.25, -0.2) is 0 Å². The van der Waals surface area contributed by atoms with Gasteiger partial charge in [0.1, 0.15) is 0 Å². The summed E-state index contributed by atoms with van der Waals surface area (Å²) in [7, 11) is 0. The van der Waals surface area contributed by atoms with Gasteiger partial charge in [-0.1, -0.05) is 30.3 Å². The number of anilines is 1. The first-order valence-electron chi connectivity index (χ1n) is 6.26. The molecule has 3 rings (SSSR count). The molecule has 0 aliphatic carbocycles. The third kappa shape index (κ3) is 2.72. The first-order chi connectivity index (χ1) is 10.1. The Hall–Kier alpha value is -2.82. The summed E-state index contributed by atoms with van der Waals surface area (Å²) >= 11 is 0. The van der Waals surface area contributed by atoms with Gasteiger partial charge in [0.2, 0.25) is 11.9 Å². The molecule has 0 bridgehead atoms. The molecular formula is C16H10F2N2O. The molecule has 2 aromatic carbocycles. The monoisotopic (exact) mass is 284 g/mol. The Balaban J connectivity index is 1.89. The highest BCUT2D eigenvalue weighted by molar-refractivity contribution is 6.06. The van der Waals surface area contributed by atoms with E-state index in [2.05, 4.69) is 10.3 Å². The Labute approximate surface area is 119 Å². The fourth-order valence-corrected chi connectivity index (χ4v) is 2.03. The van der Waals surface area contributed by atoms with Gasteiger partial charge in [0.25, 0.3) is 5.91 Å². The number of nitrogens with zero attached hydrogens (tertiary/aromatic N) is 1. The third-order valence-electron chi connectivity index (χ3n) is 3.07. The van der Waals surface area contributed by atoms with Crippen LogP contribution in [0.2, 0.25) is 0 Å². The van der Waals surface area contributed by atoms with Crippen molar-refractivity contribution in [3.8, 4) is 0 Å². The Bertz CT molecular complexity index is 833. The summed E-state index contributed by atoms with van der Waals surface area (Å²) in [6, 6.07) is 14.9. The zero-order valence-corrected chi connectivity index (χ0v) is 10.8. The van der Waals surface area contributed by atoms with Crippen molar-refractivity contribution in [1.82, 2.24) is 4.98 Å². The van der Waals surface area contributed by atoms with Crippen molar-refractivity contribution in [1.29, 1.82) is 0 Å². The van der Waals surface area contributed by atoms with Crippen molar-refractivity contribution < 1.29 is 13.6 Å². The minimum Gasteiger partial charge on any atom is -0.318 e. The molecule has 104 valence electrons. The number of pyridine rings is 1. The Morgan fingerprint density at radius 2 is 1.71 bits per heavy atom. The molecule has 0 unspecified atom stereocenters. The van der Waals surface area contributed by atoms with Crippen molar-refractivity contribution >= 4 is 22.4 Å². The number of nitrogens with one attached hydrogen (secondary N) is 1. The number of carbonyl (C=O) groups excluding carboxylic acids is 1. The maximum Gasteiger partial charge on any atom is 0.255 e. The molecule has 0 aliphatic heterocycles. The summed E-state index contributed by atoms with van der Waals surface area (Å²) in [5, 5.41) is 4.28. The highest BCUT2D eigenvalue weighted by Crippen LogP contribution is 2.18. The van der Waals surface area contributed by atoms with E-state index < -0.39 is 17.8 Å². The van der Waals surface area contributed by atoms with Gasteiger partial charge >= 0.3 is 0 Å². The molecule has 0 spiro atoms. The van der Waals surface area contributed by atoms with E-state index in [0.717, 1.165) is 22.9 Å². The van der Waals surface area contributed by atoms with Crippen LogP contribution in [0, 0.1) is 11.9 Å². The number of hydrogen-bond acceptors (Lipinski definition) is 2. The molecule has 3 nitrogen and oxygen atoms in total. The Morgan fingerprint density at radius 3 is 2.48 bits per heavy atom. The van der Waals surface area contributed by atoms with Gasteiger partial charge in [0.15, 0.2) is 0 Å². The zero-order chi connectivity index (χ0) is 14.8. The van der Waals surface area contributed by atoms with E-state index in [1.54, 1.807) is 12.1 Å². The molecule has 0 saturated heterocycles. The number of amides is 1. The van der Waals surface area contributed by atoms with Gasteiger partial charge in [-0.15, -0.1) is 0 Å². The van der Waals surface area contributed by atoms with E-state index in [0.29, 0.717) is 5.56 Å². The topological polar surface area (TPSA) is 42.0 Å². The predicted molar refractivity (Wildman–Crippen MR) is 76.1 cm³/mol. The summed E-state index contributed by atoms with van der Waals surface area (Å²) in [6.07, 6.45) is 0. The van der Waals surface area contributed by atoms with Gasteiger partial charge in [-0.2, -0.15) is 13.8 Å². The van der Waals surface area contributed by atoms with Crippen LogP contribution < -0.4 is 5.32 Å². The Kier molecular flexibility index (Phi) is 3.31. The number of rotatable bonds is 2. The minimum absolute atomic E-state index is 0.158. The highest BCUT2D eigenvalue weighted by atomic mass is 19.1. The van der Waals surface area contributed by atoms with Crippen molar-refractivity contribution in [3.63, 3.8) is 0 Å². The number of fused-ring (bicyclic) bond motifs is 1. The number of benzene rings is 2. The summed E-state index contributed by atoms with van der Waals surface area (Å²) in [5.74, 6) is -2.46. The maximum absolute atomic E-state index is 13.4. The van der Waals surface area contributed by atoms with E-state index in [-0.39, 0.29) is 5.69 Å². The predicted octanol–water partition coefficient (Wildman–Crippen LogP) is 3.77. The van der Waals surface area contributed by atoms with E-state index in [4.69, 9.17) is 0 Å². The lowest BCUT2D eigenvalue weighted by Gasteiger charge is -2.07. The molecular weight excluding hydrogens is 274 g/mol. The number of carbonyl (C=O) groups is 1. The SMILES string of the molecule is O=C(Nc1ccc(F)nc1F)c1ccc2ccccc2c1. The van der Waals surface area contributed by atoms with E-state index >= 15 is 0 Å². The smallest absolute Gasteiger partial charge is 0.255 e. The normalized spacial score (nSPS) is 10.6. The van der Waals surface area contributed by atoms with Gasteiger partial charge < -0.3 is 5.32 Å². The molecule has 3 aromatic rings. The van der Waals surface area contributed by atoms with Crippen LogP contribution in [-0.2, 0) is 0 Å². The summed E-state index contributed by atoms with van der Waals surface area (Å²) in [4.78, 5) is 15.1. The molecule has 0 radical (unpaired) electrons. The van der Waals surface area contributed by atoms with E-state index in [1.807, 2.05) is 30.3 Å². The van der Waals surface area contributed by atoms with Gasteiger partial charge in [-0.3, -0.25) is 4.79 Å². The van der Waals surface area contributed by atoms with Crippen molar-refractivity contribution in [2.45, 2.75) is 0 Å². The average molecular weight is 284 g/mol. The summed E-state index contributed by atoms with van der Waals surface area (Å²) in [5.41, 5.74) is 0.229. The molecule has 1 heterocycles. The lowest BCUT2D eigenvalue weighted by molar-refractivity contribution is 0.102. The summed E-state index contributed by atoms with van der Waals surface area (Å²) < 4.78 is 26.1. The van der Waals surface area contributed by atoms with Crippen LogP contribution in [0.4, 0.5) is 14.5 Å². The fourth-order valence-electron chi connectivity index (χ4n) is 2.03. The molecule has 0 aliphatic rings. The van der Waals surface area contributed by atoms with Crippen molar-refractivity contribution in [2.24, 2.45) is 0 Å². The minimum atomic E-state index is -1.05. The van der Waals surface area contributed by atoms with Crippen LogP contribution in [0.25, 0.3) is 10.8 Å². The number of aromatic nitrogens is 1. The molecule has 1 N–H and O–H groups in total. The highest BCUT2D eigenvalue weighted by Gasteiger charge is 2.11. The van der Waals surface area contributed by atoms with Crippen LogP contribution >= 0.6 is 0 Å². The summed E-state index contributed by atoms with van der Waals surface area (Å²) in [6.45, 7) is 0. The van der Waals surface area contributed by atoms with Crippen molar-refractivity contribution in [2.75, 3.05) is 5.32 Å². The van der Waals surface area contributed by atoms with E-state index in [9.17, 15) is 13.6 Å². The van der Waals surface area contributed by atoms with Gasteiger partial charge in [-0.05, 0) is 35.0 Å². The van der Waals surface area contributed by atoms with Crippen LogP contribution in [-0.4, -0.2) is 10.9 Å². The van der Waals surface area contributed by atoms with Crippen LogP contribution in [0.5, 0.6) is 0 Å². The molecule has 0 fully saturated rings. The first kappa shape index (κ1) is 13.2. The van der Waals surface area contributed by atoms with Crippen LogP contribution in [0.3, 0.4) is 0 Å². The number of hydrogen-bond donors (Lipinski definition) is 1. The average Bonchev–Trinajstić information content (AvgIpc) is 2.49. The van der Waals surface area contributed by atoms with Crippen LogP contribution in [0.15, 0.2) is 54.6 Å². The number of halogens is 2.